The smallest absolute Gasteiger partial charge is 0.232 e. The minimum Gasteiger partial charge on any atom is -0.342 e. The highest BCUT2D eigenvalue weighted by Gasteiger charge is 2.38. The Labute approximate surface area is 113 Å². The summed E-state index contributed by atoms with van der Waals surface area (Å²) >= 11 is 0. The summed E-state index contributed by atoms with van der Waals surface area (Å²) < 4.78 is 13.9. The van der Waals surface area contributed by atoms with Crippen LogP contribution in [-0.2, 0) is 10.2 Å². The van der Waals surface area contributed by atoms with Crippen molar-refractivity contribution in [2.24, 2.45) is 11.7 Å². The molecule has 1 unspecified atom stereocenters. The number of carbonyl (C=O) groups excluding carboxylic acids is 1. The lowest BCUT2D eigenvalue weighted by atomic mass is 9.83. The van der Waals surface area contributed by atoms with Crippen LogP contribution in [0.4, 0.5) is 4.39 Å². The molecule has 1 atom stereocenters. The Balaban J connectivity index is 2.20. The van der Waals surface area contributed by atoms with E-state index in [1.54, 1.807) is 32.0 Å². The average molecular weight is 264 g/mol. The molecule has 104 valence electrons. The van der Waals surface area contributed by atoms with Crippen LogP contribution in [0.25, 0.3) is 0 Å². The number of amides is 1. The molecule has 0 bridgehead atoms. The number of hydrogen-bond donors (Lipinski definition) is 1. The van der Waals surface area contributed by atoms with Gasteiger partial charge in [-0.05, 0) is 38.8 Å². The van der Waals surface area contributed by atoms with Gasteiger partial charge in [-0.3, -0.25) is 4.79 Å². The molecule has 0 saturated carbocycles. The topological polar surface area (TPSA) is 46.3 Å². The van der Waals surface area contributed by atoms with Crippen molar-refractivity contribution in [1.82, 2.24) is 4.90 Å². The molecule has 1 heterocycles. The predicted molar refractivity (Wildman–Crippen MR) is 73.2 cm³/mol. The zero-order chi connectivity index (χ0) is 14.0. The normalized spacial score (nSPS) is 19.8. The van der Waals surface area contributed by atoms with Crippen molar-refractivity contribution in [3.05, 3.63) is 35.6 Å². The van der Waals surface area contributed by atoms with Crippen molar-refractivity contribution in [3.63, 3.8) is 0 Å². The number of carbonyl (C=O) groups is 1. The van der Waals surface area contributed by atoms with Crippen LogP contribution >= 0.6 is 0 Å². The fourth-order valence-corrected chi connectivity index (χ4v) is 2.69. The van der Waals surface area contributed by atoms with Gasteiger partial charge in [0.25, 0.3) is 0 Å². The number of benzene rings is 1. The predicted octanol–water partition coefficient (Wildman–Crippen LogP) is 1.91. The molecule has 0 aliphatic carbocycles. The molecule has 1 aliphatic rings. The lowest BCUT2D eigenvalue weighted by Crippen LogP contribution is -2.43. The number of halogens is 1. The standard InChI is InChI=1S/C15H21FN2O/c1-15(2,12-5-3-4-6-13(12)16)14(19)18-8-7-11(9-17)10-18/h3-6,11H,7-10,17H2,1-2H3. The Kier molecular flexibility index (Phi) is 3.90. The minimum absolute atomic E-state index is 0.0199. The Hall–Kier alpha value is -1.42. The molecule has 1 aromatic carbocycles. The molecule has 0 aromatic heterocycles. The zero-order valence-electron chi connectivity index (χ0n) is 11.5. The van der Waals surface area contributed by atoms with Crippen molar-refractivity contribution >= 4 is 5.91 Å². The first-order valence-corrected chi connectivity index (χ1v) is 6.71. The molecule has 2 rings (SSSR count). The van der Waals surface area contributed by atoms with Crippen LogP contribution < -0.4 is 5.73 Å². The van der Waals surface area contributed by atoms with Crippen molar-refractivity contribution in [3.8, 4) is 0 Å². The van der Waals surface area contributed by atoms with E-state index >= 15 is 0 Å². The van der Waals surface area contributed by atoms with Crippen LogP contribution in [-0.4, -0.2) is 30.4 Å². The summed E-state index contributed by atoms with van der Waals surface area (Å²) in [5.41, 5.74) is 5.26. The third kappa shape index (κ3) is 2.63. The Bertz CT molecular complexity index is 473. The van der Waals surface area contributed by atoms with Crippen LogP contribution in [0.2, 0.25) is 0 Å². The second kappa shape index (κ2) is 5.29. The summed E-state index contributed by atoms with van der Waals surface area (Å²) in [6, 6.07) is 6.49. The lowest BCUT2D eigenvalue weighted by molar-refractivity contribution is -0.135. The molecule has 1 saturated heterocycles. The monoisotopic (exact) mass is 264 g/mol. The first kappa shape index (κ1) is 14.0. The molecule has 0 radical (unpaired) electrons. The van der Waals surface area contributed by atoms with Gasteiger partial charge in [0, 0.05) is 18.7 Å². The molecule has 0 spiro atoms. The zero-order valence-corrected chi connectivity index (χ0v) is 11.5. The largest absolute Gasteiger partial charge is 0.342 e. The van der Waals surface area contributed by atoms with E-state index in [9.17, 15) is 9.18 Å². The van der Waals surface area contributed by atoms with Crippen molar-refractivity contribution < 1.29 is 9.18 Å². The van der Waals surface area contributed by atoms with E-state index in [0.29, 0.717) is 24.6 Å². The fourth-order valence-electron chi connectivity index (χ4n) is 2.69. The highest BCUT2D eigenvalue weighted by Crippen LogP contribution is 2.30. The highest BCUT2D eigenvalue weighted by atomic mass is 19.1. The van der Waals surface area contributed by atoms with E-state index in [2.05, 4.69) is 0 Å². The second-order valence-electron chi connectivity index (χ2n) is 5.75. The molecule has 19 heavy (non-hydrogen) atoms. The SMILES string of the molecule is CC(C)(C(=O)N1CCC(CN)C1)c1ccccc1F. The van der Waals surface area contributed by atoms with Gasteiger partial charge in [-0.1, -0.05) is 18.2 Å². The van der Waals surface area contributed by atoms with Crippen molar-refractivity contribution in [2.75, 3.05) is 19.6 Å². The first-order chi connectivity index (χ1) is 8.96. The molecule has 1 amide bonds. The third-order valence-corrected chi connectivity index (χ3v) is 3.99. The molecule has 4 heteroatoms. The molecule has 1 aromatic rings. The summed E-state index contributed by atoms with van der Waals surface area (Å²) in [5.74, 6) is 0.0318. The van der Waals surface area contributed by atoms with Gasteiger partial charge >= 0.3 is 0 Å². The average Bonchev–Trinajstić information content (AvgIpc) is 2.86. The Morgan fingerprint density at radius 1 is 1.47 bits per heavy atom. The molecule has 2 N–H and O–H groups in total. The maximum absolute atomic E-state index is 13.9. The maximum atomic E-state index is 13.9. The maximum Gasteiger partial charge on any atom is 0.232 e. The van der Waals surface area contributed by atoms with Crippen LogP contribution in [0.5, 0.6) is 0 Å². The van der Waals surface area contributed by atoms with Crippen LogP contribution in [0.15, 0.2) is 24.3 Å². The minimum atomic E-state index is -0.838. The Morgan fingerprint density at radius 2 is 2.16 bits per heavy atom. The number of hydrogen-bond acceptors (Lipinski definition) is 2. The van der Waals surface area contributed by atoms with Gasteiger partial charge in [0.05, 0.1) is 5.41 Å². The summed E-state index contributed by atoms with van der Waals surface area (Å²) in [4.78, 5) is 14.4. The molecular formula is C15H21FN2O. The van der Waals surface area contributed by atoms with Gasteiger partial charge in [0.15, 0.2) is 0 Å². The lowest BCUT2D eigenvalue weighted by Gasteiger charge is -2.30. The van der Waals surface area contributed by atoms with Crippen molar-refractivity contribution in [1.29, 1.82) is 0 Å². The number of likely N-dealkylation sites (tertiary alicyclic amines) is 1. The van der Waals surface area contributed by atoms with Crippen LogP contribution in [0, 0.1) is 11.7 Å². The van der Waals surface area contributed by atoms with E-state index < -0.39 is 5.41 Å². The van der Waals surface area contributed by atoms with E-state index in [4.69, 9.17) is 5.73 Å². The number of rotatable bonds is 3. The van der Waals surface area contributed by atoms with Gasteiger partial charge in [-0.2, -0.15) is 0 Å². The van der Waals surface area contributed by atoms with Gasteiger partial charge in [0.2, 0.25) is 5.91 Å². The van der Waals surface area contributed by atoms with Gasteiger partial charge in [0.1, 0.15) is 5.82 Å². The summed E-state index contributed by atoms with van der Waals surface area (Å²) in [6.07, 6.45) is 0.940. The first-order valence-electron chi connectivity index (χ1n) is 6.71. The number of nitrogens with zero attached hydrogens (tertiary/aromatic N) is 1. The molecule has 1 fully saturated rings. The fraction of sp³-hybridized carbons (Fsp3) is 0.533. The van der Waals surface area contributed by atoms with E-state index in [0.717, 1.165) is 13.0 Å². The third-order valence-electron chi connectivity index (χ3n) is 3.99. The molecular weight excluding hydrogens is 243 g/mol. The van der Waals surface area contributed by atoms with Gasteiger partial charge in [-0.25, -0.2) is 4.39 Å². The summed E-state index contributed by atoms with van der Waals surface area (Å²) in [5, 5.41) is 0. The molecule has 3 nitrogen and oxygen atoms in total. The van der Waals surface area contributed by atoms with Gasteiger partial charge in [-0.15, -0.1) is 0 Å². The molecule has 1 aliphatic heterocycles. The van der Waals surface area contributed by atoms with Crippen LogP contribution in [0.1, 0.15) is 25.8 Å². The van der Waals surface area contributed by atoms with E-state index in [1.807, 2.05) is 4.90 Å². The summed E-state index contributed by atoms with van der Waals surface area (Å²) in [6.45, 7) is 5.57. The number of nitrogens with two attached hydrogens (primary N) is 1. The van der Waals surface area contributed by atoms with Crippen LogP contribution in [0.3, 0.4) is 0 Å². The van der Waals surface area contributed by atoms with Crippen molar-refractivity contribution in [2.45, 2.75) is 25.7 Å². The summed E-state index contributed by atoms with van der Waals surface area (Å²) in [7, 11) is 0. The Morgan fingerprint density at radius 3 is 2.74 bits per heavy atom. The highest BCUT2D eigenvalue weighted by molar-refractivity contribution is 5.87. The van der Waals surface area contributed by atoms with Gasteiger partial charge < -0.3 is 10.6 Å². The van der Waals surface area contributed by atoms with E-state index in [-0.39, 0.29) is 11.7 Å². The quantitative estimate of drug-likeness (QED) is 0.906. The van der Waals surface area contributed by atoms with E-state index in [1.165, 1.54) is 6.07 Å². The second-order valence-corrected chi connectivity index (χ2v) is 5.75.